The third-order valence-corrected chi connectivity index (χ3v) is 5.09. The van der Waals surface area contributed by atoms with Crippen molar-refractivity contribution < 1.29 is 19.4 Å². The Labute approximate surface area is 184 Å². The molecule has 0 saturated heterocycles. The second-order valence-electron chi connectivity index (χ2n) is 7.47. The molecule has 6 nitrogen and oxygen atoms in total. The number of aromatic nitrogens is 1. The van der Waals surface area contributed by atoms with Gasteiger partial charge in [0.05, 0.1) is 28.9 Å². The fraction of sp³-hybridized carbons (Fsp3) is 0.120. The quantitative estimate of drug-likeness (QED) is 0.323. The van der Waals surface area contributed by atoms with E-state index in [2.05, 4.69) is 10.3 Å². The monoisotopic (exact) mass is 431 g/mol. The predicted octanol–water partition coefficient (Wildman–Crippen LogP) is 4.53. The number of aromatic hydroxyl groups is 1. The zero-order valence-electron chi connectivity index (χ0n) is 17.4. The van der Waals surface area contributed by atoms with E-state index in [-0.39, 0.29) is 12.3 Å². The zero-order chi connectivity index (χ0) is 22.7. The van der Waals surface area contributed by atoms with Crippen LogP contribution >= 0.6 is 0 Å². The molecule has 32 heavy (non-hydrogen) atoms. The summed E-state index contributed by atoms with van der Waals surface area (Å²) in [5, 5.41) is 23.6. The van der Waals surface area contributed by atoms with E-state index in [0.29, 0.717) is 39.0 Å². The summed E-state index contributed by atoms with van der Waals surface area (Å²) in [6.07, 6.45) is -0.134. The second kappa shape index (κ2) is 9.03. The van der Waals surface area contributed by atoms with E-state index in [1.165, 1.54) is 12.1 Å². The molecule has 0 aliphatic heterocycles. The number of carboxylic acids is 1. The Morgan fingerprint density at radius 3 is 2.56 bits per heavy atom. The lowest BCUT2D eigenvalue weighted by molar-refractivity contribution is -0.136. The largest absolute Gasteiger partial charge is 0.494 e. The van der Waals surface area contributed by atoms with Crippen LogP contribution < -0.4 is 5.32 Å². The highest BCUT2D eigenvalue weighted by Gasteiger charge is 2.19. The summed E-state index contributed by atoms with van der Waals surface area (Å²) in [5.74, 6) is -1.50. The van der Waals surface area contributed by atoms with Crippen LogP contribution in [0.5, 0.6) is 5.88 Å². The van der Waals surface area contributed by atoms with E-state index in [9.17, 15) is 19.4 Å². The number of carboxylic acid groups (broad SMARTS) is 1. The Kier molecular flexibility index (Phi) is 6.00. The number of H-pyrrole nitrogens is 1. The van der Waals surface area contributed by atoms with Gasteiger partial charge in [-0.3, -0.25) is 4.79 Å². The molecule has 3 aromatic carbocycles. The molecule has 0 fully saturated rings. The third kappa shape index (κ3) is 4.53. The number of fused-ring (bicyclic) bond motifs is 1. The van der Waals surface area contributed by atoms with Crippen molar-refractivity contribution in [1.82, 2.24) is 10.3 Å². The summed E-state index contributed by atoms with van der Waals surface area (Å²) in [7, 11) is 1.87. The molecule has 0 amide bonds. The smallest absolute Gasteiger partial charge is 0.307 e. The van der Waals surface area contributed by atoms with Crippen LogP contribution in [0.3, 0.4) is 0 Å². The van der Waals surface area contributed by atoms with Crippen molar-refractivity contribution in [2.45, 2.75) is 13.0 Å². The van der Waals surface area contributed by atoms with E-state index in [1.807, 2.05) is 31.3 Å². The minimum absolute atomic E-state index is 0.134. The van der Waals surface area contributed by atoms with Crippen LogP contribution in [0.2, 0.25) is 0 Å². The lowest BCUT2D eigenvalue weighted by Gasteiger charge is -2.10. The summed E-state index contributed by atoms with van der Waals surface area (Å²) < 4.78 is 13.7. The highest BCUT2D eigenvalue weighted by Crippen LogP contribution is 2.32. The Bertz CT molecular complexity index is 1310. The number of benzene rings is 3. The number of hydrogen-bond acceptors (Lipinski definition) is 4. The molecule has 0 spiro atoms. The van der Waals surface area contributed by atoms with Crippen molar-refractivity contribution in [2.24, 2.45) is 4.99 Å². The Morgan fingerprint density at radius 1 is 1.06 bits per heavy atom. The summed E-state index contributed by atoms with van der Waals surface area (Å²) in [6.45, 7) is 0.725. The molecule has 4 aromatic rings. The van der Waals surface area contributed by atoms with Gasteiger partial charge in [0.15, 0.2) is 5.88 Å². The van der Waals surface area contributed by atoms with E-state index < -0.39 is 11.8 Å². The van der Waals surface area contributed by atoms with Gasteiger partial charge < -0.3 is 20.5 Å². The molecule has 4 rings (SSSR count). The number of carbonyl (C=O) groups is 1. The van der Waals surface area contributed by atoms with Crippen LogP contribution in [0.1, 0.15) is 22.3 Å². The SMILES string of the molecule is CNCc1ccc(N=C(c2cccc(CC(=O)O)c2)c2c(O)[nH]c3cc(F)ccc23)cc1. The molecular weight excluding hydrogens is 409 g/mol. The first-order valence-corrected chi connectivity index (χ1v) is 10.1. The summed E-state index contributed by atoms with van der Waals surface area (Å²) in [4.78, 5) is 18.8. The maximum absolute atomic E-state index is 13.7. The highest BCUT2D eigenvalue weighted by molar-refractivity contribution is 6.22. The minimum Gasteiger partial charge on any atom is -0.494 e. The number of aromatic amines is 1. The van der Waals surface area contributed by atoms with Gasteiger partial charge in [-0.05, 0) is 54.6 Å². The van der Waals surface area contributed by atoms with Crippen molar-refractivity contribution >= 4 is 28.3 Å². The number of aliphatic imine (C=N–C) groups is 1. The summed E-state index contributed by atoms with van der Waals surface area (Å²) in [5.41, 5.74) is 4.33. The van der Waals surface area contributed by atoms with Gasteiger partial charge >= 0.3 is 5.97 Å². The summed E-state index contributed by atoms with van der Waals surface area (Å²) >= 11 is 0. The fourth-order valence-electron chi connectivity index (χ4n) is 3.68. The van der Waals surface area contributed by atoms with Crippen molar-refractivity contribution in [3.05, 3.63) is 94.8 Å². The topological polar surface area (TPSA) is 97.7 Å². The molecule has 0 atom stereocenters. The average molecular weight is 431 g/mol. The molecule has 4 N–H and O–H groups in total. The number of rotatable bonds is 7. The highest BCUT2D eigenvalue weighted by atomic mass is 19.1. The van der Waals surface area contributed by atoms with Crippen LogP contribution in [-0.4, -0.2) is 33.9 Å². The average Bonchev–Trinajstić information content (AvgIpc) is 3.07. The number of halogens is 1. The number of nitrogens with zero attached hydrogens (tertiary/aromatic N) is 1. The van der Waals surface area contributed by atoms with E-state index in [4.69, 9.17) is 4.99 Å². The van der Waals surface area contributed by atoms with E-state index in [1.54, 1.807) is 30.3 Å². The fourth-order valence-corrected chi connectivity index (χ4v) is 3.68. The number of hydrogen-bond donors (Lipinski definition) is 4. The van der Waals surface area contributed by atoms with Crippen LogP contribution in [0.15, 0.2) is 71.7 Å². The lowest BCUT2D eigenvalue weighted by Crippen LogP contribution is -2.06. The third-order valence-electron chi connectivity index (χ3n) is 5.09. The van der Waals surface area contributed by atoms with Gasteiger partial charge in [-0.2, -0.15) is 0 Å². The Balaban J connectivity index is 1.90. The molecule has 0 unspecified atom stereocenters. The van der Waals surface area contributed by atoms with Crippen molar-refractivity contribution in [1.29, 1.82) is 0 Å². The van der Waals surface area contributed by atoms with Crippen molar-refractivity contribution in [2.75, 3.05) is 7.05 Å². The van der Waals surface area contributed by atoms with E-state index in [0.717, 1.165) is 12.1 Å². The first kappa shape index (κ1) is 21.3. The molecule has 162 valence electrons. The van der Waals surface area contributed by atoms with Gasteiger partial charge in [0.25, 0.3) is 0 Å². The van der Waals surface area contributed by atoms with Gasteiger partial charge in [-0.15, -0.1) is 0 Å². The molecule has 1 heterocycles. The van der Waals surface area contributed by atoms with Crippen molar-refractivity contribution in [3.63, 3.8) is 0 Å². The molecule has 0 aliphatic carbocycles. The van der Waals surface area contributed by atoms with Crippen LogP contribution in [0.4, 0.5) is 10.1 Å². The van der Waals surface area contributed by atoms with Crippen LogP contribution in [0.25, 0.3) is 10.9 Å². The Morgan fingerprint density at radius 2 is 1.84 bits per heavy atom. The van der Waals surface area contributed by atoms with Crippen molar-refractivity contribution in [3.8, 4) is 5.88 Å². The predicted molar refractivity (Wildman–Crippen MR) is 122 cm³/mol. The molecule has 7 heteroatoms. The first-order valence-electron chi connectivity index (χ1n) is 10.1. The normalized spacial score (nSPS) is 11.8. The lowest BCUT2D eigenvalue weighted by atomic mass is 9.98. The summed E-state index contributed by atoms with van der Waals surface area (Å²) in [6, 6.07) is 18.9. The van der Waals surface area contributed by atoms with Gasteiger partial charge in [0.1, 0.15) is 5.82 Å². The standard InChI is InChI=1S/C25H22FN3O3/c1-27-14-15-5-8-19(9-6-15)28-24(17-4-2-3-16(11-17)12-22(30)31)23-20-10-7-18(26)13-21(20)29-25(23)32/h2-11,13,27,29,32H,12,14H2,1H3,(H,30,31). The van der Waals surface area contributed by atoms with Gasteiger partial charge in [-0.1, -0.05) is 30.3 Å². The second-order valence-corrected chi connectivity index (χ2v) is 7.47. The molecule has 0 bridgehead atoms. The van der Waals surface area contributed by atoms with Crippen LogP contribution in [0, 0.1) is 5.82 Å². The molecule has 0 aliphatic rings. The van der Waals surface area contributed by atoms with Crippen LogP contribution in [-0.2, 0) is 17.8 Å². The Hall–Kier alpha value is -3.97. The number of nitrogens with one attached hydrogen (secondary N) is 2. The molecular formula is C25H22FN3O3. The maximum Gasteiger partial charge on any atom is 0.307 e. The minimum atomic E-state index is -0.939. The van der Waals surface area contributed by atoms with Gasteiger partial charge in [-0.25, -0.2) is 9.38 Å². The van der Waals surface area contributed by atoms with Gasteiger partial charge in [0, 0.05) is 17.5 Å². The molecule has 0 saturated carbocycles. The first-order chi connectivity index (χ1) is 15.4. The molecule has 0 radical (unpaired) electrons. The number of aliphatic carboxylic acids is 1. The van der Waals surface area contributed by atoms with Gasteiger partial charge in [0.2, 0.25) is 0 Å². The molecule has 1 aromatic heterocycles. The zero-order valence-corrected chi connectivity index (χ0v) is 17.4. The van der Waals surface area contributed by atoms with E-state index >= 15 is 0 Å². The maximum atomic E-state index is 13.7.